The molecule has 0 saturated heterocycles. The lowest BCUT2D eigenvalue weighted by molar-refractivity contribution is 1.13. The summed E-state index contributed by atoms with van der Waals surface area (Å²) in [5.74, 6) is 0. The molecule has 0 saturated carbocycles. The summed E-state index contributed by atoms with van der Waals surface area (Å²) >= 11 is 0. The first-order valence-electron chi connectivity index (χ1n) is 21.1. The van der Waals surface area contributed by atoms with Crippen molar-refractivity contribution in [2.24, 2.45) is 0 Å². The zero-order chi connectivity index (χ0) is 44.2. The van der Waals surface area contributed by atoms with E-state index in [0.29, 0.717) is 0 Å². The van der Waals surface area contributed by atoms with E-state index in [9.17, 15) is 0 Å². The topological polar surface area (TPSA) is 6.48 Å². The molecular weight excluding hydrogens is 737 g/mol. The van der Waals surface area contributed by atoms with Crippen molar-refractivity contribution in [1.82, 2.24) is 0 Å². The van der Waals surface area contributed by atoms with E-state index in [4.69, 9.17) is 0 Å². The van der Waals surface area contributed by atoms with Gasteiger partial charge in [-0.15, -0.1) is 0 Å². The Labute approximate surface area is 368 Å². The summed E-state index contributed by atoms with van der Waals surface area (Å²) in [6.45, 7) is 28.7. The second-order valence-electron chi connectivity index (χ2n) is 13.5. The molecular formula is C59H64N2. The zero-order valence-corrected chi connectivity index (χ0v) is 37.2. The predicted molar refractivity (Wildman–Crippen MR) is 274 cm³/mol. The van der Waals surface area contributed by atoms with E-state index in [1.807, 2.05) is 82.4 Å². The summed E-state index contributed by atoms with van der Waals surface area (Å²) in [5.41, 5.74) is 12.6. The van der Waals surface area contributed by atoms with E-state index < -0.39 is 0 Å². The van der Waals surface area contributed by atoms with Crippen LogP contribution in [0.5, 0.6) is 0 Å². The van der Waals surface area contributed by atoms with Crippen LogP contribution in [0.25, 0.3) is 12.2 Å². The maximum absolute atomic E-state index is 4.32. The lowest BCUT2D eigenvalue weighted by Crippen LogP contribution is -2.15. The molecule has 0 bridgehead atoms. The highest BCUT2D eigenvalue weighted by Crippen LogP contribution is 2.33. The number of hydrogen-bond acceptors (Lipinski definition) is 2. The number of hydrogen-bond donors (Lipinski definition) is 0. The molecule has 0 atom stereocenters. The summed E-state index contributed by atoms with van der Waals surface area (Å²) in [5, 5.41) is 0. The maximum Gasteiger partial charge on any atom is 0.0461 e. The molecule has 0 fully saturated rings. The SMILES string of the molecule is C=C/C=C\C(=C/C)C(=C)/C=C\C(=C/CC)N(c1ccccc1)c1ccc(C=CC=Cc2ccc(N(/C(C)=C/C=C(\C=C)C(=C)/C=C\C=C/C)c3ccccc3)cc2)cc1.CC. The number of anilines is 4. The number of benzene rings is 4. The summed E-state index contributed by atoms with van der Waals surface area (Å²) in [4.78, 5) is 4.54. The van der Waals surface area contributed by atoms with Gasteiger partial charge in [-0.25, -0.2) is 0 Å². The van der Waals surface area contributed by atoms with Gasteiger partial charge in [-0.2, -0.15) is 0 Å². The Hall–Kier alpha value is -7.16. The molecule has 0 N–H and O–H groups in total. The van der Waals surface area contributed by atoms with E-state index in [-0.39, 0.29) is 0 Å². The number of rotatable bonds is 20. The molecule has 0 aliphatic carbocycles. The smallest absolute Gasteiger partial charge is 0.0461 e. The Morgan fingerprint density at radius 1 is 0.541 bits per heavy atom. The van der Waals surface area contributed by atoms with Gasteiger partial charge in [0, 0.05) is 34.1 Å². The van der Waals surface area contributed by atoms with Crippen molar-refractivity contribution in [2.45, 2.75) is 48.0 Å². The minimum Gasteiger partial charge on any atom is -0.315 e. The van der Waals surface area contributed by atoms with Crippen molar-refractivity contribution in [1.29, 1.82) is 0 Å². The first kappa shape index (κ1) is 48.2. The average Bonchev–Trinajstić information content (AvgIpc) is 3.30. The molecule has 0 heterocycles. The quantitative estimate of drug-likeness (QED) is 0.0822. The van der Waals surface area contributed by atoms with Crippen molar-refractivity contribution in [2.75, 3.05) is 9.80 Å². The molecule has 0 unspecified atom stereocenters. The van der Waals surface area contributed by atoms with Crippen LogP contribution in [0.1, 0.15) is 59.1 Å². The second kappa shape index (κ2) is 27.5. The highest BCUT2D eigenvalue weighted by atomic mass is 15.1. The Morgan fingerprint density at radius 3 is 1.54 bits per heavy atom. The first-order chi connectivity index (χ1) is 29.8. The summed E-state index contributed by atoms with van der Waals surface area (Å²) in [7, 11) is 0. The van der Waals surface area contributed by atoms with Gasteiger partial charge in [0.15, 0.2) is 0 Å². The second-order valence-corrected chi connectivity index (χ2v) is 13.5. The molecule has 4 aromatic rings. The van der Waals surface area contributed by atoms with Crippen LogP contribution < -0.4 is 9.80 Å². The molecule has 4 rings (SSSR count). The summed E-state index contributed by atoms with van der Waals surface area (Å²) in [6.07, 6.45) is 37.6. The van der Waals surface area contributed by atoms with E-state index in [0.717, 1.165) is 74.0 Å². The fourth-order valence-corrected chi connectivity index (χ4v) is 6.22. The number of allylic oxidation sites excluding steroid dienone is 21. The minimum atomic E-state index is 0.890. The lowest BCUT2D eigenvalue weighted by Gasteiger charge is -2.26. The van der Waals surface area contributed by atoms with Crippen LogP contribution in [0.3, 0.4) is 0 Å². The standard InChI is InChI=1S/C57H58N2.C2H6/c1-9-14-18-26-46(6)52(13-5)40-35-48(8)58(54-30-19-16-20-31-54)56-42-36-49(37-43-56)27-23-24-28-50-38-44-57(45-39-50)59(55-32-21-17-22-33-55)53(25-11-3)41-34-47(7)51(12-4)29-15-10-2;1-2/h9-10,12-45H,2,5-7,11H2,1,3-4,8H3;1-2H3/b14-9-,26-18-,27-23?,28-24?,29-15-,41-34-,48-35+,51-12+,52-40+,53-25+;. The third-order valence-corrected chi connectivity index (χ3v) is 9.29. The van der Waals surface area contributed by atoms with Gasteiger partial charge >= 0.3 is 0 Å². The first-order valence-corrected chi connectivity index (χ1v) is 21.1. The van der Waals surface area contributed by atoms with Crippen LogP contribution in [-0.2, 0) is 0 Å². The van der Waals surface area contributed by atoms with Crippen LogP contribution in [0.4, 0.5) is 22.7 Å². The van der Waals surface area contributed by atoms with Gasteiger partial charge in [-0.05, 0) is 121 Å². The molecule has 0 aliphatic heterocycles. The third kappa shape index (κ3) is 15.5. The molecule has 310 valence electrons. The van der Waals surface area contributed by atoms with E-state index >= 15 is 0 Å². The van der Waals surface area contributed by atoms with Crippen molar-refractivity contribution in [3.63, 3.8) is 0 Å². The van der Waals surface area contributed by atoms with E-state index in [1.165, 1.54) is 0 Å². The van der Waals surface area contributed by atoms with Crippen molar-refractivity contribution >= 4 is 34.9 Å². The van der Waals surface area contributed by atoms with E-state index in [2.05, 4.69) is 208 Å². The molecule has 2 heteroatoms. The number of para-hydroxylation sites is 2. The molecule has 0 aliphatic rings. The van der Waals surface area contributed by atoms with Crippen LogP contribution >= 0.6 is 0 Å². The molecule has 0 aromatic heterocycles. The third-order valence-electron chi connectivity index (χ3n) is 9.29. The Kier molecular flexibility index (Phi) is 21.7. The molecule has 2 nitrogen and oxygen atoms in total. The summed E-state index contributed by atoms with van der Waals surface area (Å²) < 4.78 is 0. The van der Waals surface area contributed by atoms with Crippen molar-refractivity contribution in [3.8, 4) is 0 Å². The van der Waals surface area contributed by atoms with Gasteiger partial charge in [0.25, 0.3) is 0 Å². The van der Waals surface area contributed by atoms with Gasteiger partial charge in [0.2, 0.25) is 0 Å². The molecule has 61 heavy (non-hydrogen) atoms. The largest absolute Gasteiger partial charge is 0.315 e. The highest BCUT2D eigenvalue weighted by molar-refractivity contribution is 5.73. The highest BCUT2D eigenvalue weighted by Gasteiger charge is 2.13. The van der Waals surface area contributed by atoms with E-state index in [1.54, 1.807) is 6.08 Å². The van der Waals surface area contributed by atoms with Crippen LogP contribution in [0.2, 0.25) is 0 Å². The maximum atomic E-state index is 4.32. The Bertz CT molecular complexity index is 2310. The van der Waals surface area contributed by atoms with Gasteiger partial charge in [0.05, 0.1) is 0 Å². The average molecular weight is 801 g/mol. The fourth-order valence-electron chi connectivity index (χ4n) is 6.22. The molecule has 0 amide bonds. The van der Waals surface area contributed by atoms with Gasteiger partial charge in [-0.3, -0.25) is 0 Å². The van der Waals surface area contributed by atoms with Crippen LogP contribution in [-0.4, -0.2) is 0 Å². The minimum absolute atomic E-state index is 0.890. The van der Waals surface area contributed by atoms with Gasteiger partial charge in [-0.1, -0.05) is 205 Å². The molecule has 0 spiro atoms. The number of nitrogens with zero attached hydrogens (tertiary/aromatic N) is 2. The molecule has 4 aromatic carbocycles. The Balaban J connectivity index is 0.00000489. The fraction of sp³-hybridized carbons (Fsp3) is 0.119. The predicted octanol–water partition coefficient (Wildman–Crippen LogP) is 17.5. The zero-order valence-electron chi connectivity index (χ0n) is 37.2. The lowest BCUT2D eigenvalue weighted by atomic mass is 10.1. The van der Waals surface area contributed by atoms with Crippen molar-refractivity contribution < 1.29 is 0 Å². The normalized spacial score (nSPS) is 12.8. The molecule has 0 radical (unpaired) electrons. The van der Waals surface area contributed by atoms with Crippen LogP contribution in [0.15, 0.2) is 266 Å². The van der Waals surface area contributed by atoms with Gasteiger partial charge < -0.3 is 9.80 Å². The summed E-state index contributed by atoms with van der Waals surface area (Å²) in [6, 6.07) is 38.2. The van der Waals surface area contributed by atoms with Crippen molar-refractivity contribution in [3.05, 3.63) is 278 Å². The monoisotopic (exact) mass is 801 g/mol. The Morgan fingerprint density at radius 2 is 1.05 bits per heavy atom. The van der Waals surface area contributed by atoms with Crippen LogP contribution in [0, 0.1) is 0 Å². The van der Waals surface area contributed by atoms with Gasteiger partial charge in [0.1, 0.15) is 0 Å².